The number of aliphatic hydroxyl groups is 1. The normalized spacial score (nSPS) is 21.4. The summed E-state index contributed by atoms with van der Waals surface area (Å²) in [7, 11) is 0. The van der Waals surface area contributed by atoms with Gasteiger partial charge in [-0.15, -0.1) is 11.3 Å². The van der Waals surface area contributed by atoms with Crippen LogP contribution in [0.2, 0.25) is 0 Å². The van der Waals surface area contributed by atoms with E-state index in [0.29, 0.717) is 16.4 Å². The molecule has 0 aromatic carbocycles. The van der Waals surface area contributed by atoms with Crippen molar-refractivity contribution in [3.05, 3.63) is 21.9 Å². The van der Waals surface area contributed by atoms with Gasteiger partial charge in [-0.1, -0.05) is 38.0 Å². The van der Waals surface area contributed by atoms with E-state index in [-0.39, 0.29) is 12.5 Å². The lowest BCUT2D eigenvalue weighted by Crippen LogP contribution is -2.31. The molecule has 1 heterocycles. The zero-order valence-electron chi connectivity index (χ0n) is 12.5. The van der Waals surface area contributed by atoms with Gasteiger partial charge in [0, 0.05) is 12.1 Å². The number of carbonyl (C=O) groups is 1. The Morgan fingerprint density at radius 1 is 1.38 bits per heavy atom. The Bertz CT molecular complexity index is 518. The highest BCUT2D eigenvalue weighted by Gasteiger charge is 2.21. The summed E-state index contributed by atoms with van der Waals surface area (Å²) in [5.41, 5.74) is 0.709. The number of amides is 1. The highest BCUT2D eigenvalue weighted by molar-refractivity contribution is 7.12. The minimum Gasteiger partial charge on any atom is -0.384 e. The molecule has 1 aliphatic rings. The Morgan fingerprint density at radius 2 is 2.10 bits per heavy atom. The van der Waals surface area contributed by atoms with Crippen LogP contribution in [0, 0.1) is 23.7 Å². The molecule has 1 aromatic heterocycles. The van der Waals surface area contributed by atoms with Crippen LogP contribution in [0.25, 0.3) is 0 Å². The van der Waals surface area contributed by atoms with Gasteiger partial charge in [0.05, 0.1) is 0 Å². The third-order valence-electron chi connectivity index (χ3n) is 4.27. The van der Waals surface area contributed by atoms with E-state index < -0.39 is 0 Å². The second-order valence-corrected chi connectivity index (χ2v) is 6.54. The molecule has 1 saturated carbocycles. The summed E-state index contributed by atoms with van der Waals surface area (Å²) in [5.74, 6) is 6.88. The Morgan fingerprint density at radius 3 is 2.76 bits per heavy atom. The average molecular weight is 305 g/mol. The summed E-state index contributed by atoms with van der Waals surface area (Å²) < 4.78 is 0. The SMILES string of the molecule is CCC1CCC(CNC(=O)c2sccc2C#CCO)CC1. The first-order valence-electron chi connectivity index (χ1n) is 7.70. The van der Waals surface area contributed by atoms with Gasteiger partial charge in [0.25, 0.3) is 5.91 Å². The molecule has 1 aliphatic carbocycles. The molecule has 0 saturated heterocycles. The number of carbonyl (C=O) groups excluding carboxylic acids is 1. The van der Waals surface area contributed by atoms with Gasteiger partial charge in [0.2, 0.25) is 0 Å². The molecule has 114 valence electrons. The fraction of sp³-hybridized carbons (Fsp3) is 0.588. The molecule has 2 rings (SSSR count). The minimum atomic E-state index is -0.183. The van der Waals surface area contributed by atoms with Crippen LogP contribution >= 0.6 is 11.3 Å². The van der Waals surface area contributed by atoms with Crippen LogP contribution < -0.4 is 5.32 Å². The Hall–Kier alpha value is -1.31. The summed E-state index contributed by atoms with van der Waals surface area (Å²) in [6.45, 7) is 2.84. The maximum absolute atomic E-state index is 12.2. The summed E-state index contributed by atoms with van der Waals surface area (Å²) in [6, 6.07) is 1.83. The molecule has 2 N–H and O–H groups in total. The molecule has 4 heteroatoms. The van der Waals surface area contributed by atoms with Crippen molar-refractivity contribution in [3.63, 3.8) is 0 Å². The monoisotopic (exact) mass is 305 g/mol. The van der Waals surface area contributed by atoms with Gasteiger partial charge in [-0.3, -0.25) is 4.79 Å². The highest BCUT2D eigenvalue weighted by atomic mass is 32.1. The van der Waals surface area contributed by atoms with Gasteiger partial charge < -0.3 is 10.4 Å². The van der Waals surface area contributed by atoms with Gasteiger partial charge in [-0.05, 0) is 36.1 Å². The van der Waals surface area contributed by atoms with E-state index in [1.54, 1.807) is 0 Å². The number of hydrogen-bond acceptors (Lipinski definition) is 3. The number of hydrogen-bond donors (Lipinski definition) is 2. The molecule has 1 fully saturated rings. The number of nitrogens with one attached hydrogen (secondary N) is 1. The van der Waals surface area contributed by atoms with E-state index in [1.165, 1.54) is 43.4 Å². The number of thiophene rings is 1. The molecule has 0 radical (unpaired) electrons. The van der Waals surface area contributed by atoms with Gasteiger partial charge in [-0.2, -0.15) is 0 Å². The van der Waals surface area contributed by atoms with Crippen molar-refractivity contribution in [1.82, 2.24) is 5.32 Å². The molecule has 0 aliphatic heterocycles. The van der Waals surface area contributed by atoms with Crippen LogP contribution in [0.1, 0.15) is 54.3 Å². The number of aliphatic hydroxyl groups excluding tert-OH is 1. The Labute approximate surface area is 130 Å². The molecular weight excluding hydrogens is 282 g/mol. The van der Waals surface area contributed by atoms with E-state index in [1.807, 2.05) is 11.4 Å². The largest absolute Gasteiger partial charge is 0.384 e. The van der Waals surface area contributed by atoms with E-state index >= 15 is 0 Å². The predicted molar refractivity (Wildman–Crippen MR) is 86.4 cm³/mol. The maximum Gasteiger partial charge on any atom is 0.262 e. The van der Waals surface area contributed by atoms with Gasteiger partial charge in [0.15, 0.2) is 0 Å². The van der Waals surface area contributed by atoms with Gasteiger partial charge in [0.1, 0.15) is 11.5 Å². The third-order valence-corrected chi connectivity index (χ3v) is 5.18. The van der Waals surface area contributed by atoms with Crippen molar-refractivity contribution >= 4 is 17.2 Å². The second kappa shape index (κ2) is 8.21. The van der Waals surface area contributed by atoms with Crippen molar-refractivity contribution in [2.75, 3.05) is 13.2 Å². The minimum absolute atomic E-state index is 0.0372. The predicted octanol–water partition coefficient (Wildman–Crippen LogP) is 3.04. The smallest absolute Gasteiger partial charge is 0.262 e. The quantitative estimate of drug-likeness (QED) is 0.840. The first kappa shape index (κ1) is 16.1. The van der Waals surface area contributed by atoms with Crippen molar-refractivity contribution < 1.29 is 9.90 Å². The Balaban J connectivity index is 1.84. The topological polar surface area (TPSA) is 49.3 Å². The van der Waals surface area contributed by atoms with Crippen LogP contribution in [-0.2, 0) is 0 Å². The lowest BCUT2D eigenvalue weighted by molar-refractivity contribution is 0.0945. The van der Waals surface area contributed by atoms with Gasteiger partial charge in [-0.25, -0.2) is 0 Å². The first-order valence-corrected chi connectivity index (χ1v) is 8.58. The van der Waals surface area contributed by atoms with E-state index in [4.69, 9.17) is 5.11 Å². The molecule has 3 nitrogen and oxygen atoms in total. The zero-order chi connectivity index (χ0) is 15.1. The molecule has 0 bridgehead atoms. The van der Waals surface area contributed by atoms with E-state index in [2.05, 4.69) is 24.1 Å². The Kier molecular flexibility index (Phi) is 6.28. The molecule has 0 atom stereocenters. The average Bonchev–Trinajstić information content (AvgIpc) is 2.99. The molecule has 1 amide bonds. The number of rotatable bonds is 4. The van der Waals surface area contributed by atoms with Crippen molar-refractivity contribution in [3.8, 4) is 11.8 Å². The van der Waals surface area contributed by atoms with Crippen molar-refractivity contribution in [1.29, 1.82) is 0 Å². The highest BCUT2D eigenvalue weighted by Crippen LogP contribution is 2.30. The fourth-order valence-electron chi connectivity index (χ4n) is 2.88. The molecule has 0 spiro atoms. The summed E-state index contributed by atoms with van der Waals surface area (Å²) in [6.07, 6.45) is 6.31. The van der Waals surface area contributed by atoms with Crippen LogP contribution in [0.4, 0.5) is 0 Å². The third kappa shape index (κ3) is 4.59. The lowest BCUT2D eigenvalue weighted by Gasteiger charge is -2.27. The van der Waals surface area contributed by atoms with Crippen LogP contribution in [0.5, 0.6) is 0 Å². The van der Waals surface area contributed by atoms with Crippen molar-refractivity contribution in [2.24, 2.45) is 11.8 Å². The van der Waals surface area contributed by atoms with Crippen molar-refractivity contribution in [2.45, 2.75) is 39.0 Å². The lowest BCUT2D eigenvalue weighted by atomic mass is 9.81. The van der Waals surface area contributed by atoms with Crippen LogP contribution in [-0.4, -0.2) is 24.2 Å². The zero-order valence-corrected chi connectivity index (χ0v) is 13.3. The summed E-state index contributed by atoms with van der Waals surface area (Å²) in [5, 5.41) is 13.6. The van der Waals surface area contributed by atoms with Crippen LogP contribution in [0.15, 0.2) is 11.4 Å². The maximum atomic E-state index is 12.2. The van der Waals surface area contributed by atoms with Crippen LogP contribution in [0.3, 0.4) is 0 Å². The van der Waals surface area contributed by atoms with E-state index in [0.717, 1.165) is 12.5 Å². The molecule has 0 unspecified atom stereocenters. The summed E-state index contributed by atoms with van der Waals surface area (Å²) in [4.78, 5) is 12.9. The molecule has 1 aromatic rings. The second-order valence-electron chi connectivity index (χ2n) is 5.63. The molecule has 21 heavy (non-hydrogen) atoms. The summed E-state index contributed by atoms with van der Waals surface area (Å²) >= 11 is 1.40. The fourth-order valence-corrected chi connectivity index (χ4v) is 3.64. The first-order chi connectivity index (χ1) is 10.2. The standard InChI is InChI=1S/C17H23NO2S/c1-2-13-5-7-14(8-6-13)12-18-17(20)16-15(4-3-10-19)9-11-21-16/h9,11,13-14,19H,2,5-8,10,12H2,1H3,(H,18,20). The molecular formula is C17H23NO2S. The van der Waals surface area contributed by atoms with E-state index in [9.17, 15) is 4.79 Å². The van der Waals surface area contributed by atoms with Gasteiger partial charge >= 0.3 is 0 Å².